The summed E-state index contributed by atoms with van der Waals surface area (Å²) in [5.41, 5.74) is 0. The van der Waals surface area contributed by atoms with Crippen LogP contribution in [0.3, 0.4) is 0 Å². The molecule has 3 heterocycles. The highest BCUT2D eigenvalue weighted by Gasteiger charge is 2.28. The Morgan fingerprint density at radius 2 is 2.55 bits per heavy atom. The first kappa shape index (κ1) is 13.3. The fourth-order valence-corrected chi connectivity index (χ4v) is 3.51. The number of aromatic nitrogens is 1. The van der Waals surface area contributed by atoms with E-state index in [9.17, 15) is 4.79 Å². The van der Waals surface area contributed by atoms with Gasteiger partial charge in [0.1, 0.15) is 5.76 Å². The van der Waals surface area contributed by atoms with Gasteiger partial charge in [0.2, 0.25) is 5.91 Å². The number of carbonyl (C=O) groups is 1. The van der Waals surface area contributed by atoms with Crippen LogP contribution in [0.2, 0.25) is 0 Å². The molecule has 0 aromatic carbocycles. The van der Waals surface area contributed by atoms with Crippen LogP contribution in [-0.2, 0) is 4.79 Å². The van der Waals surface area contributed by atoms with Crippen molar-refractivity contribution in [1.82, 2.24) is 10.1 Å². The van der Waals surface area contributed by atoms with Crippen LogP contribution in [0.25, 0.3) is 0 Å². The lowest BCUT2D eigenvalue weighted by Crippen LogP contribution is -2.32. The van der Waals surface area contributed by atoms with Gasteiger partial charge < -0.3 is 9.84 Å². The van der Waals surface area contributed by atoms with Crippen LogP contribution in [0.4, 0.5) is 5.82 Å². The van der Waals surface area contributed by atoms with Crippen molar-refractivity contribution >= 4 is 23.1 Å². The Labute approximate surface area is 121 Å². The molecular formula is C14H17N3O2S. The molecule has 1 amide bonds. The zero-order chi connectivity index (χ0) is 13.9. The van der Waals surface area contributed by atoms with Gasteiger partial charge >= 0.3 is 0 Å². The van der Waals surface area contributed by atoms with Crippen LogP contribution in [0.15, 0.2) is 28.1 Å². The lowest BCUT2D eigenvalue weighted by Gasteiger charge is -2.22. The summed E-state index contributed by atoms with van der Waals surface area (Å²) in [6.45, 7) is 3.16. The molecule has 0 spiro atoms. The summed E-state index contributed by atoms with van der Waals surface area (Å²) in [6, 6.07) is 6.31. The largest absolute Gasteiger partial charge is 0.360 e. The van der Waals surface area contributed by atoms with E-state index in [1.165, 1.54) is 4.88 Å². The summed E-state index contributed by atoms with van der Waals surface area (Å²) in [4.78, 5) is 15.6. The van der Waals surface area contributed by atoms with Crippen molar-refractivity contribution in [3.8, 4) is 0 Å². The van der Waals surface area contributed by atoms with Crippen molar-refractivity contribution in [1.29, 1.82) is 0 Å². The molecule has 2 aromatic rings. The van der Waals surface area contributed by atoms with E-state index in [1.807, 2.05) is 0 Å². The van der Waals surface area contributed by atoms with Crippen LogP contribution in [0.5, 0.6) is 0 Å². The average molecular weight is 291 g/mol. The second kappa shape index (κ2) is 5.76. The normalized spacial score (nSPS) is 19.4. The van der Waals surface area contributed by atoms with Crippen LogP contribution in [0, 0.1) is 6.92 Å². The molecule has 0 radical (unpaired) electrons. The summed E-state index contributed by atoms with van der Waals surface area (Å²) in [5.74, 6) is 1.14. The van der Waals surface area contributed by atoms with E-state index in [0.29, 0.717) is 24.2 Å². The Morgan fingerprint density at radius 3 is 3.25 bits per heavy atom. The number of anilines is 1. The van der Waals surface area contributed by atoms with Gasteiger partial charge in [0.15, 0.2) is 5.82 Å². The van der Waals surface area contributed by atoms with E-state index in [4.69, 9.17) is 4.52 Å². The van der Waals surface area contributed by atoms with Gasteiger partial charge in [0.25, 0.3) is 0 Å². The molecule has 1 atom stereocenters. The summed E-state index contributed by atoms with van der Waals surface area (Å²) in [7, 11) is 0. The molecule has 5 nitrogen and oxygen atoms in total. The predicted molar refractivity (Wildman–Crippen MR) is 77.7 cm³/mol. The lowest BCUT2D eigenvalue weighted by molar-refractivity contribution is -0.117. The summed E-state index contributed by atoms with van der Waals surface area (Å²) in [5, 5.41) is 8.64. The van der Waals surface area contributed by atoms with Crippen LogP contribution >= 0.6 is 11.3 Å². The van der Waals surface area contributed by atoms with Gasteiger partial charge in [0, 0.05) is 17.0 Å². The third-order valence-corrected chi connectivity index (χ3v) is 4.45. The number of nitrogens with one attached hydrogen (secondary N) is 1. The Bertz CT molecular complexity index is 579. The number of nitrogens with zero attached hydrogens (tertiary/aromatic N) is 2. The highest BCUT2D eigenvalue weighted by Crippen LogP contribution is 2.34. The zero-order valence-corrected chi connectivity index (χ0v) is 12.2. The van der Waals surface area contributed by atoms with Crippen LogP contribution < -0.4 is 5.32 Å². The first-order chi connectivity index (χ1) is 9.72. The van der Waals surface area contributed by atoms with E-state index in [1.54, 1.807) is 24.3 Å². The first-order valence-electron chi connectivity index (χ1n) is 6.73. The maximum atomic E-state index is 12.1. The molecule has 1 saturated heterocycles. The molecule has 1 aliphatic rings. The standard InChI is InChI=1S/C14H17N3O2S/c1-10-8-13(16-19-10)15-14(18)9-17-6-2-4-11(17)12-5-3-7-20-12/h3,5,7-8,11H,2,4,6,9H2,1H3,(H,15,16,18)/t11-/m1/s1. The van der Waals surface area contributed by atoms with Crippen LogP contribution in [0.1, 0.15) is 29.5 Å². The van der Waals surface area contributed by atoms with E-state index < -0.39 is 0 Å². The number of carbonyl (C=O) groups excluding carboxylic acids is 1. The number of hydrogen-bond acceptors (Lipinski definition) is 5. The Hall–Kier alpha value is -1.66. The van der Waals surface area contributed by atoms with Crippen molar-refractivity contribution in [3.63, 3.8) is 0 Å². The van der Waals surface area contributed by atoms with Gasteiger partial charge in [-0.3, -0.25) is 9.69 Å². The fourth-order valence-electron chi connectivity index (χ4n) is 2.61. The topological polar surface area (TPSA) is 58.4 Å². The zero-order valence-electron chi connectivity index (χ0n) is 11.3. The molecule has 1 fully saturated rings. The van der Waals surface area contributed by atoms with E-state index in [0.717, 1.165) is 19.4 Å². The Kier molecular flexibility index (Phi) is 3.84. The minimum atomic E-state index is -0.0400. The van der Waals surface area contributed by atoms with Gasteiger partial charge in [-0.1, -0.05) is 11.2 Å². The number of rotatable bonds is 4. The number of likely N-dealkylation sites (tertiary alicyclic amines) is 1. The second-order valence-corrected chi connectivity index (χ2v) is 5.99. The van der Waals surface area contributed by atoms with Gasteiger partial charge in [-0.15, -0.1) is 11.3 Å². The van der Waals surface area contributed by atoms with Gasteiger partial charge in [0.05, 0.1) is 6.54 Å². The van der Waals surface area contributed by atoms with Crippen molar-refractivity contribution < 1.29 is 9.32 Å². The summed E-state index contributed by atoms with van der Waals surface area (Å²) < 4.78 is 4.94. The maximum Gasteiger partial charge on any atom is 0.239 e. The molecule has 0 aliphatic carbocycles. The molecule has 3 rings (SSSR count). The Balaban J connectivity index is 1.60. The monoisotopic (exact) mass is 291 g/mol. The molecule has 6 heteroatoms. The molecule has 0 saturated carbocycles. The number of amides is 1. The predicted octanol–water partition coefficient (Wildman–Crippen LogP) is 2.82. The van der Waals surface area contributed by atoms with Crippen molar-refractivity contribution in [3.05, 3.63) is 34.2 Å². The number of aryl methyl sites for hydroxylation is 1. The SMILES string of the molecule is Cc1cc(NC(=O)CN2CCC[C@@H]2c2cccs2)no1. The van der Waals surface area contributed by atoms with E-state index >= 15 is 0 Å². The minimum Gasteiger partial charge on any atom is -0.360 e. The molecule has 106 valence electrons. The lowest BCUT2D eigenvalue weighted by atomic mass is 10.2. The van der Waals surface area contributed by atoms with Gasteiger partial charge in [-0.2, -0.15) is 0 Å². The van der Waals surface area contributed by atoms with Crippen LogP contribution in [-0.4, -0.2) is 29.1 Å². The van der Waals surface area contributed by atoms with Crippen molar-refractivity contribution in [2.45, 2.75) is 25.8 Å². The molecule has 20 heavy (non-hydrogen) atoms. The molecule has 1 N–H and O–H groups in total. The molecule has 1 aliphatic heterocycles. The van der Waals surface area contributed by atoms with E-state index in [-0.39, 0.29) is 5.91 Å². The number of thiophene rings is 1. The molecule has 2 aromatic heterocycles. The smallest absolute Gasteiger partial charge is 0.239 e. The third-order valence-electron chi connectivity index (χ3n) is 3.48. The van der Waals surface area contributed by atoms with Crippen molar-refractivity contribution in [2.75, 3.05) is 18.4 Å². The number of hydrogen-bond donors (Lipinski definition) is 1. The minimum absolute atomic E-state index is 0.0400. The average Bonchev–Trinajstić information content (AvgIpc) is 3.10. The van der Waals surface area contributed by atoms with Gasteiger partial charge in [-0.25, -0.2) is 0 Å². The quantitative estimate of drug-likeness (QED) is 0.941. The molecule has 0 unspecified atom stereocenters. The van der Waals surface area contributed by atoms with Gasteiger partial charge in [-0.05, 0) is 37.8 Å². The highest BCUT2D eigenvalue weighted by molar-refractivity contribution is 7.10. The highest BCUT2D eigenvalue weighted by atomic mass is 32.1. The fraction of sp³-hybridized carbons (Fsp3) is 0.429. The summed E-state index contributed by atoms with van der Waals surface area (Å²) in [6.07, 6.45) is 2.26. The third kappa shape index (κ3) is 2.91. The molecule has 0 bridgehead atoms. The molecular weight excluding hydrogens is 274 g/mol. The Morgan fingerprint density at radius 1 is 1.65 bits per heavy atom. The summed E-state index contributed by atoms with van der Waals surface area (Å²) >= 11 is 1.76. The van der Waals surface area contributed by atoms with E-state index in [2.05, 4.69) is 32.9 Å². The second-order valence-electron chi connectivity index (χ2n) is 5.01. The maximum absolute atomic E-state index is 12.1. The first-order valence-corrected chi connectivity index (χ1v) is 7.61. The van der Waals surface area contributed by atoms with Crippen molar-refractivity contribution in [2.24, 2.45) is 0 Å².